The molecule has 1 aliphatic carbocycles. The van der Waals surface area contributed by atoms with E-state index in [1.165, 1.54) is 27.4 Å². The van der Waals surface area contributed by atoms with Crippen molar-refractivity contribution in [3.05, 3.63) is 39.3 Å². The van der Waals surface area contributed by atoms with E-state index in [9.17, 15) is 5.11 Å². The van der Waals surface area contributed by atoms with Crippen LogP contribution in [-0.2, 0) is 13.0 Å². The Morgan fingerprint density at radius 3 is 2.85 bits per heavy atom. The molecule has 1 unspecified atom stereocenters. The summed E-state index contributed by atoms with van der Waals surface area (Å²) in [5.41, 5.74) is 2.49. The number of aromatic nitrogens is 2. The highest BCUT2D eigenvalue weighted by Crippen LogP contribution is 2.30. The molecule has 140 valence electrons. The first-order chi connectivity index (χ1) is 12.7. The van der Waals surface area contributed by atoms with E-state index in [4.69, 9.17) is 9.97 Å². The lowest BCUT2D eigenvalue weighted by molar-refractivity contribution is 0.202. The molecule has 2 aromatic heterocycles. The zero-order valence-corrected chi connectivity index (χ0v) is 16.3. The van der Waals surface area contributed by atoms with Gasteiger partial charge in [-0.15, -0.1) is 11.3 Å². The predicted molar refractivity (Wildman–Crippen MR) is 106 cm³/mol. The van der Waals surface area contributed by atoms with E-state index in [0.717, 1.165) is 51.3 Å². The van der Waals surface area contributed by atoms with Gasteiger partial charge in [-0.1, -0.05) is 0 Å². The van der Waals surface area contributed by atoms with Gasteiger partial charge in [0.15, 0.2) is 0 Å². The first-order valence-electron chi connectivity index (χ1n) is 9.73. The number of hydrogen-bond acceptors (Lipinski definition) is 6. The minimum Gasteiger partial charge on any atom is -0.396 e. The average molecular weight is 373 g/mol. The SMILES string of the molecule is Cc1ccc(CNC2CCCc3nc(N4CCC(CO)CC4)ncc32)s1. The van der Waals surface area contributed by atoms with E-state index in [-0.39, 0.29) is 0 Å². The molecule has 2 N–H and O–H groups in total. The molecule has 3 heterocycles. The summed E-state index contributed by atoms with van der Waals surface area (Å²) in [5.74, 6) is 1.31. The van der Waals surface area contributed by atoms with E-state index in [1.54, 1.807) is 0 Å². The third-order valence-corrected chi connectivity index (χ3v) is 6.64. The molecule has 2 aromatic rings. The van der Waals surface area contributed by atoms with Crippen molar-refractivity contribution in [2.24, 2.45) is 5.92 Å². The summed E-state index contributed by atoms with van der Waals surface area (Å²) in [6.07, 6.45) is 7.49. The summed E-state index contributed by atoms with van der Waals surface area (Å²) < 4.78 is 0. The van der Waals surface area contributed by atoms with E-state index >= 15 is 0 Å². The van der Waals surface area contributed by atoms with Crippen molar-refractivity contribution in [2.45, 2.75) is 51.6 Å². The molecule has 0 amide bonds. The Morgan fingerprint density at radius 2 is 2.12 bits per heavy atom. The van der Waals surface area contributed by atoms with Crippen LogP contribution in [0.4, 0.5) is 5.95 Å². The maximum absolute atomic E-state index is 9.31. The maximum atomic E-state index is 9.31. The first kappa shape index (κ1) is 17.9. The van der Waals surface area contributed by atoms with Crippen molar-refractivity contribution in [3.8, 4) is 0 Å². The molecule has 0 bridgehead atoms. The normalized spacial score (nSPS) is 21.0. The minimum absolute atomic E-state index is 0.302. The van der Waals surface area contributed by atoms with Gasteiger partial charge in [0.25, 0.3) is 0 Å². The third-order valence-electron chi connectivity index (χ3n) is 5.64. The largest absolute Gasteiger partial charge is 0.396 e. The van der Waals surface area contributed by atoms with Crippen molar-refractivity contribution in [1.29, 1.82) is 0 Å². The smallest absolute Gasteiger partial charge is 0.225 e. The van der Waals surface area contributed by atoms with Crippen LogP contribution in [0.1, 0.15) is 52.7 Å². The molecule has 0 saturated carbocycles. The van der Waals surface area contributed by atoms with Gasteiger partial charge in [0.1, 0.15) is 0 Å². The van der Waals surface area contributed by atoms with Crippen LogP contribution >= 0.6 is 11.3 Å². The molecule has 0 spiro atoms. The van der Waals surface area contributed by atoms with E-state index in [1.807, 2.05) is 17.5 Å². The zero-order chi connectivity index (χ0) is 17.9. The molecular weight excluding hydrogens is 344 g/mol. The average Bonchev–Trinajstić information content (AvgIpc) is 3.11. The number of aliphatic hydroxyl groups is 1. The van der Waals surface area contributed by atoms with Crippen molar-refractivity contribution in [3.63, 3.8) is 0 Å². The van der Waals surface area contributed by atoms with Crippen LogP contribution in [0.2, 0.25) is 0 Å². The van der Waals surface area contributed by atoms with Crippen LogP contribution in [0.25, 0.3) is 0 Å². The monoisotopic (exact) mass is 372 g/mol. The number of thiophene rings is 1. The summed E-state index contributed by atoms with van der Waals surface area (Å²) in [6.45, 7) is 5.27. The highest BCUT2D eigenvalue weighted by atomic mass is 32.1. The Kier molecular flexibility index (Phi) is 5.52. The van der Waals surface area contributed by atoms with Gasteiger partial charge in [0, 0.05) is 53.8 Å². The van der Waals surface area contributed by atoms with Crippen molar-refractivity contribution in [1.82, 2.24) is 15.3 Å². The summed E-state index contributed by atoms with van der Waals surface area (Å²) in [4.78, 5) is 14.6. The van der Waals surface area contributed by atoms with Gasteiger partial charge in [-0.25, -0.2) is 9.97 Å². The predicted octanol–water partition coefficient (Wildman–Crippen LogP) is 3.22. The number of anilines is 1. The fourth-order valence-corrected chi connectivity index (χ4v) is 4.86. The highest BCUT2D eigenvalue weighted by molar-refractivity contribution is 7.11. The van der Waals surface area contributed by atoms with Crippen LogP contribution in [0, 0.1) is 12.8 Å². The van der Waals surface area contributed by atoms with Gasteiger partial charge in [-0.3, -0.25) is 0 Å². The molecule has 1 fully saturated rings. The molecule has 26 heavy (non-hydrogen) atoms. The zero-order valence-electron chi connectivity index (χ0n) is 15.4. The Labute approximate surface area is 159 Å². The standard InChI is InChI=1S/C20H28N4OS/c1-14-5-6-16(26-14)11-21-18-3-2-4-19-17(18)12-22-20(23-19)24-9-7-15(13-25)8-10-24/h5-6,12,15,18,21,25H,2-4,7-11,13H2,1H3. The molecular formula is C20H28N4OS. The molecule has 1 atom stereocenters. The Bertz CT molecular complexity index is 739. The van der Waals surface area contributed by atoms with Gasteiger partial charge in [0.2, 0.25) is 5.95 Å². The number of hydrogen-bond donors (Lipinski definition) is 2. The highest BCUT2D eigenvalue weighted by Gasteiger charge is 2.25. The molecule has 6 heteroatoms. The Morgan fingerprint density at radius 1 is 1.27 bits per heavy atom. The molecule has 4 rings (SSSR count). The molecule has 0 aromatic carbocycles. The van der Waals surface area contributed by atoms with Crippen LogP contribution in [0.15, 0.2) is 18.3 Å². The topological polar surface area (TPSA) is 61.3 Å². The molecule has 0 radical (unpaired) electrons. The van der Waals surface area contributed by atoms with E-state index in [2.05, 4.69) is 29.3 Å². The summed E-state index contributed by atoms with van der Waals surface area (Å²) in [6, 6.07) is 4.76. The van der Waals surface area contributed by atoms with Gasteiger partial charge in [-0.05, 0) is 57.1 Å². The first-order valence-corrected chi connectivity index (χ1v) is 10.5. The van der Waals surface area contributed by atoms with Crippen LogP contribution in [0.5, 0.6) is 0 Å². The number of fused-ring (bicyclic) bond motifs is 1. The van der Waals surface area contributed by atoms with Gasteiger partial charge < -0.3 is 15.3 Å². The third kappa shape index (κ3) is 3.92. The van der Waals surface area contributed by atoms with Crippen LogP contribution in [0.3, 0.4) is 0 Å². The lowest BCUT2D eigenvalue weighted by Crippen LogP contribution is -2.36. The Hall–Kier alpha value is -1.50. The number of aryl methyl sites for hydroxylation is 2. The Balaban J connectivity index is 1.43. The van der Waals surface area contributed by atoms with Crippen LogP contribution < -0.4 is 10.2 Å². The van der Waals surface area contributed by atoms with Crippen molar-refractivity contribution in [2.75, 3.05) is 24.6 Å². The maximum Gasteiger partial charge on any atom is 0.225 e. The van der Waals surface area contributed by atoms with E-state index in [0.29, 0.717) is 18.6 Å². The number of nitrogens with zero attached hydrogens (tertiary/aromatic N) is 3. The summed E-state index contributed by atoms with van der Waals surface area (Å²) in [5, 5.41) is 13.0. The molecule has 1 aliphatic heterocycles. The molecule has 5 nitrogen and oxygen atoms in total. The van der Waals surface area contributed by atoms with Gasteiger partial charge in [0.05, 0.1) is 5.69 Å². The second-order valence-corrected chi connectivity index (χ2v) is 8.90. The minimum atomic E-state index is 0.302. The fraction of sp³-hybridized carbons (Fsp3) is 0.600. The molecule has 2 aliphatic rings. The summed E-state index contributed by atoms with van der Waals surface area (Å²) >= 11 is 1.86. The quantitative estimate of drug-likeness (QED) is 0.844. The van der Waals surface area contributed by atoms with Crippen molar-refractivity contribution < 1.29 is 5.11 Å². The number of aliphatic hydroxyl groups excluding tert-OH is 1. The number of rotatable bonds is 5. The lowest BCUT2D eigenvalue weighted by atomic mass is 9.92. The number of nitrogens with one attached hydrogen (secondary N) is 1. The van der Waals surface area contributed by atoms with E-state index < -0.39 is 0 Å². The second-order valence-electron chi connectivity index (χ2n) is 7.52. The second kappa shape index (κ2) is 8.03. The molecule has 1 saturated heterocycles. The van der Waals surface area contributed by atoms with Crippen molar-refractivity contribution >= 4 is 17.3 Å². The fourth-order valence-electron chi connectivity index (χ4n) is 4.02. The van der Waals surface area contributed by atoms with Gasteiger partial charge >= 0.3 is 0 Å². The number of piperidine rings is 1. The van der Waals surface area contributed by atoms with Gasteiger partial charge in [-0.2, -0.15) is 0 Å². The lowest BCUT2D eigenvalue weighted by Gasteiger charge is -2.32. The van der Waals surface area contributed by atoms with Crippen LogP contribution in [-0.4, -0.2) is 34.8 Å². The summed E-state index contributed by atoms with van der Waals surface area (Å²) in [7, 11) is 0.